The number of carbonyl (C=O) groups is 1. The van der Waals surface area contributed by atoms with Gasteiger partial charge in [-0.25, -0.2) is 4.98 Å². The molecule has 3 aromatic rings. The minimum atomic E-state index is -0.444. The molecule has 2 aromatic heterocycles. The fourth-order valence-electron chi connectivity index (χ4n) is 4.71. The van der Waals surface area contributed by atoms with Gasteiger partial charge in [-0.3, -0.25) is 4.79 Å². The van der Waals surface area contributed by atoms with Crippen LogP contribution in [0.15, 0.2) is 30.5 Å². The number of aromatic nitrogens is 3. The number of aryl methyl sites for hydroxylation is 1. The first-order valence-corrected chi connectivity index (χ1v) is 12.4. The molecule has 0 spiro atoms. The number of thiazole rings is 1. The van der Waals surface area contributed by atoms with Crippen molar-refractivity contribution >= 4 is 96.7 Å². The number of morpholine rings is 1. The summed E-state index contributed by atoms with van der Waals surface area (Å²) in [5, 5.41) is 11.8. The first-order valence-electron chi connectivity index (χ1n) is 11.6. The van der Waals surface area contributed by atoms with Gasteiger partial charge in [0.15, 0.2) is 5.82 Å². The molecule has 0 unspecified atom stereocenters. The lowest BCUT2D eigenvalue weighted by atomic mass is 9.30. The van der Waals surface area contributed by atoms with Crippen LogP contribution in [0.1, 0.15) is 5.01 Å². The molecule has 16 heteroatoms. The molecule has 1 aliphatic rings. The Balaban J connectivity index is 1.58. The van der Waals surface area contributed by atoms with Gasteiger partial charge in [0, 0.05) is 22.4 Å². The smallest absolute Gasteiger partial charge is 0.239 e. The summed E-state index contributed by atoms with van der Waals surface area (Å²) in [6, 6.07) is 7.91. The summed E-state index contributed by atoms with van der Waals surface area (Å²) >= 11 is 1.65. The van der Waals surface area contributed by atoms with Gasteiger partial charge in [-0.2, -0.15) is 0 Å². The molecule has 1 aliphatic heterocycles. The highest BCUT2D eigenvalue weighted by molar-refractivity contribution is 7.15. The maximum Gasteiger partial charge on any atom is 0.239 e. The van der Waals surface area contributed by atoms with Crippen LogP contribution in [0.2, 0.25) is 0 Å². The van der Waals surface area contributed by atoms with Gasteiger partial charge in [0.2, 0.25) is 5.91 Å². The average molecular weight is 464 g/mol. The zero-order chi connectivity index (χ0) is 25.1. The first-order chi connectivity index (χ1) is 15.6. The Bertz CT molecular complexity index is 1240. The molecule has 1 N–H and O–H groups in total. The minimum absolute atomic E-state index is 0.127. The zero-order valence-corrected chi connectivity index (χ0v) is 22.4. The lowest BCUT2D eigenvalue weighted by Crippen LogP contribution is -2.86. The Morgan fingerprint density at radius 2 is 1.68 bits per heavy atom. The van der Waals surface area contributed by atoms with Crippen molar-refractivity contribution in [3.05, 3.63) is 35.5 Å². The molecule has 1 aromatic carbocycles. The van der Waals surface area contributed by atoms with Crippen LogP contribution in [0.5, 0.6) is 0 Å². The second-order valence-corrected chi connectivity index (χ2v) is 12.4. The predicted octanol–water partition coefficient (Wildman–Crippen LogP) is -5.99. The van der Waals surface area contributed by atoms with E-state index in [1.54, 1.807) is 11.3 Å². The van der Waals surface area contributed by atoms with Crippen LogP contribution >= 0.6 is 11.3 Å². The Kier molecular flexibility index (Phi) is 6.19. The maximum absolute atomic E-state index is 13.2. The van der Waals surface area contributed by atoms with Crippen molar-refractivity contribution in [3.63, 3.8) is 0 Å². The number of rotatable bonds is 4. The number of nitrogens with one attached hydrogen (secondary N) is 1. The van der Waals surface area contributed by atoms with E-state index in [4.69, 9.17) is 4.74 Å². The normalized spacial score (nSPS) is 20.6. The minimum Gasteiger partial charge on any atom is -0.403 e. The van der Waals surface area contributed by atoms with E-state index in [0.29, 0.717) is 5.82 Å². The molecule has 0 bridgehead atoms. The van der Waals surface area contributed by atoms with E-state index < -0.39 is 10.8 Å². The van der Waals surface area contributed by atoms with E-state index >= 15 is 0 Å². The fourth-order valence-corrected chi connectivity index (χ4v) is 5.49. The van der Waals surface area contributed by atoms with E-state index in [1.807, 2.05) is 31.3 Å². The lowest BCUT2D eigenvalue weighted by molar-refractivity contribution is -0.131. The van der Waals surface area contributed by atoms with Gasteiger partial charge >= 0.3 is 0 Å². The largest absolute Gasteiger partial charge is 0.403 e. The highest BCUT2D eigenvalue weighted by Crippen LogP contribution is 2.39. The molecule has 166 valence electrons. The van der Waals surface area contributed by atoms with Crippen molar-refractivity contribution in [1.29, 1.82) is 0 Å². The highest BCUT2D eigenvalue weighted by Gasteiger charge is 2.58. The number of carbonyl (C=O) groups excluding carboxylic acids is 1. The van der Waals surface area contributed by atoms with Crippen LogP contribution in [0.3, 0.4) is 0 Å². The Labute approximate surface area is 212 Å². The molecule has 1 fully saturated rings. The lowest BCUT2D eigenvalue weighted by Gasteiger charge is -2.68. The molecular weight excluding hydrogens is 437 g/mol. The Morgan fingerprint density at radius 3 is 2.26 bits per heavy atom. The fraction of sp³-hybridized carbons (Fsp3) is 0.333. The molecule has 0 radical (unpaired) electrons. The number of nitrogens with zero attached hydrogens (tertiary/aromatic N) is 4. The number of hydrogen-bond donors (Lipinski definition) is 1. The number of ether oxygens (including phenoxy) is 1. The third kappa shape index (κ3) is 4.29. The number of benzene rings is 1. The standard InChI is InChI=1S/C18H27B8N5O2S/c1-8-27-6-12(34-8)9-2-3-11-10(4-9)5-13(30-29-11)28-14(32)7-31-15(19,20)17(23,24)33-18(25,26)16(31,21)22/h2-6H,7,19-26H2,1H3,(H,28,30,32). The van der Waals surface area contributed by atoms with Gasteiger partial charge in [-0.1, -0.05) is 6.07 Å². The summed E-state index contributed by atoms with van der Waals surface area (Å²) in [5.74, 6) is 0.315. The van der Waals surface area contributed by atoms with Crippen molar-refractivity contribution < 1.29 is 9.53 Å². The van der Waals surface area contributed by atoms with Crippen molar-refractivity contribution in [2.75, 3.05) is 11.9 Å². The van der Waals surface area contributed by atoms with Crippen molar-refractivity contribution in [3.8, 4) is 10.4 Å². The van der Waals surface area contributed by atoms with Crippen molar-refractivity contribution in [2.45, 2.75) is 28.4 Å². The van der Waals surface area contributed by atoms with Gasteiger partial charge in [-0.15, -0.1) is 21.5 Å². The molecule has 1 saturated heterocycles. The van der Waals surface area contributed by atoms with E-state index in [2.05, 4.69) is 94.2 Å². The van der Waals surface area contributed by atoms with E-state index in [1.165, 1.54) is 0 Å². The molecular formula is C18H27B8N5O2S. The molecule has 0 saturated carbocycles. The van der Waals surface area contributed by atoms with Crippen LogP contribution in [-0.4, -0.2) is 117 Å². The summed E-state index contributed by atoms with van der Waals surface area (Å²) in [5.41, 5.74) is 1.85. The van der Waals surface area contributed by atoms with Gasteiger partial charge in [-0.05, 0) is 41.4 Å². The van der Waals surface area contributed by atoms with Crippen LogP contribution in [0, 0.1) is 6.92 Å². The monoisotopic (exact) mass is 465 g/mol. The van der Waals surface area contributed by atoms with Crippen LogP contribution in [0.4, 0.5) is 5.82 Å². The number of fused-ring (bicyclic) bond motifs is 1. The van der Waals surface area contributed by atoms with Crippen molar-refractivity contribution in [1.82, 2.24) is 20.1 Å². The molecule has 0 aliphatic carbocycles. The Hall–Kier alpha value is -1.90. The van der Waals surface area contributed by atoms with E-state index in [9.17, 15) is 4.79 Å². The maximum atomic E-state index is 13.2. The van der Waals surface area contributed by atoms with Gasteiger partial charge in [0.1, 0.15) is 62.8 Å². The third-order valence-corrected chi connectivity index (χ3v) is 8.83. The second kappa shape index (κ2) is 8.35. The van der Waals surface area contributed by atoms with Crippen LogP contribution in [-0.2, 0) is 9.53 Å². The number of anilines is 1. The molecule has 1 amide bonds. The van der Waals surface area contributed by atoms with Crippen molar-refractivity contribution in [2.24, 2.45) is 0 Å². The third-order valence-electron chi connectivity index (χ3n) is 7.87. The summed E-state index contributed by atoms with van der Waals surface area (Å²) in [6.45, 7) is 2.21. The molecule has 4 rings (SSSR count). The molecule has 7 nitrogen and oxygen atoms in total. The van der Waals surface area contributed by atoms with Crippen LogP contribution in [0.25, 0.3) is 21.3 Å². The second-order valence-electron chi connectivity index (χ2n) is 11.1. The Morgan fingerprint density at radius 1 is 1.03 bits per heavy atom. The SMILES string of the molecule is BC1(B)OC(B)(B)C(B)(B)N(CC(=O)Nc2cc3cc(-c4cnc(C)s4)ccc3nn2)C1(B)B. The average Bonchev–Trinajstić information content (AvgIpc) is 3.16. The number of amides is 1. The summed E-state index contributed by atoms with van der Waals surface area (Å²) in [4.78, 5) is 20.9. The van der Waals surface area contributed by atoms with Crippen LogP contribution < -0.4 is 5.32 Å². The summed E-state index contributed by atoms with van der Waals surface area (Å²) in [6.07, 6.45) is 1.88. The number of hydrogen-bond acceptors (Lipinski definition) is 7. The van der Waals surface area contributed by atoms with E-state index in [0.717, 1.165) is 26.4 Å². The van der Waals surface area contributed by atoms with Gasteiger partial charge < -0.3 is 15.0 Å². The van der Waals surface area contributed by atoms with Gasteiger partial charge in [0.05, 0.1) is 21.9 Å². The molecule has 0 atom stereocenters. The van der Waals surface area contributed by atoms with Gasteiger partial charge in [0.25, 0.3) is 0 Å². The quantitative estimate of drug-likeness (QED) is 0.388. The summed E-state index contributed by atoms with van der Waals surface area (Å²) < 4.78 is 6.52. The first kappa shape index (κ1) is 25.2. The molecule has 34 heavy (non-hydrogen) atoms. The highest BCUT2D eigenvalue weighted by atomic mass is 32.1. The zero-order valence-electron chi connectivity index (χ0n) is 21.6. The molecule has 3 heterocycles. The predicted molar refractivity (Wildman–Crippen MR) is 161 cm³/mol. The summed E-state index contributed by atoms with van der Waals surface area (Å²) in [7, 11) is 16.9. The van der Waals surface area contributed by atoms with E-state index in [-0.39, 0.29) is 23.1 Å². The topological polar surface area (TPSA) is 80.2 Å².